The average Bonchev–Trinajstić information content (AvgIpc) is 2.87. The van der Waals surface area contributed by atoms with Gasteiger partial charge in [0.25, 0.3) is 11.8 Å². The van der Waals surface area contributed by atoms with Crippen molar-refractivity contribution >= 4 is 23.5 Å². The van der Waals surface area contributed by atoms with Crippen LogP contribution in [-0.2, 0) is 23.9 Å². The van der Waals surface area contributed by atoms with E-state index in [2.05, 4.69) is 10.6 Å². The van der Waals surface area contributed by atoms with Crippen molar-refractivity contribution < 1.29 is 23.9 Å². The van der Waals surface area contributed by atoms with Crippen molar-refractivity contribution in [2.24, 2.45) is 0 Å². The molecule has 0 radical (unpaired) electrons. The smallest absolute Gasteiger partial charge is 0.253 e. The van der Waals surface area contributed by atoms with Crippen molar-refractivity contribution in [3.8, 4) is 0 Å². The van der Waals surface area contributed by atoms with E-state index in [-0.39, 0.29) is 24.7 Å². The predicted octanol–water partition coefficient (Wildman–Crippen LogP) is -0.607. The van der Waals surface area contributed by atoms with E-state index in [1.807, 2.05) is 7.05 Å². The van der Waals surface area contributed by atoms with E-state index in [1.165, 1.54) is 12.2 Å². The quantitative estimate of drug-likeness (QED) is 0.343. The van der Waals surface area contributed by atoms with Crippen molar-refractivity contribution in [2.75, 3.05) is 39.9 Å². The third-order valence-corrected chi connectivity index (χ3v) is 3.44. The molecule has 2 N–H and O–H groups in total. The van der Waals surface area contributed by atoms with Gasteiger partial charge in [0.2, 0.25) is 5.91 Å². The molecule has 8 nitrogen and oxygen atoms in total. The molecule has 0 aromatic rings. The van der Waals surface area contributed by atoms with Gasteiger partial charge < -0.3 is 15.4 Å². The van der Waals surface area contributed by atoms with Crippen LogP contribution in [0.5, 0.6) is 0 Å². The van der Waals surface area contributed by atoms with E-state index in [0.29, 0.717) is 32.6 Å². The molecule has 0 aromatic heterocycles. The third-order valence-electron chi connectivity index (χ3n) is 3.44. The minimum absolute atomic E-state index is 0.0586. The van der Waals surface area contributed by atoms with E-state index in [4.69, 9.17) is 4.74 Å². The standard InChI is InChI=1S/C16H25N3O5/c1-17-8-2-3-13(20)7-11-24-12-9-18-14(21)6-10-19-15(22)4-5-16(19)23/h4-5,17H,2-3,6-12H2,1H3,(H,18,21). The summed E-state index contributed by atoms with van der Waals surface area (Å²) in [7, 11) is 1.85. The fourth-order valence-electron chi connectivity index (χ4n) is 2.09. The number of rotatable bonds is 13. The van der Waals surface area contributed by atoms with Gasteiger partial charge in [0.1, 0.15) is 5.78 Å². The highest BCUT2D eigenvalue weighted by Gasteiger charge is 2.23. The monoisotopic (exact) mass is 339 g/mol. The molecule has 1 aliphatic heterocycles. The Bertz CT molecular complexity index is 472. The first-order valence-corrected chi connectivity index (χ1v) is 8.09. The van der Waals surface area contributed by atoms with E-state index >= 15 is 0 Å². The molecule has 0 unspecified atom stereocenters. The van der Waals surface area contributed by atoms with Gasteiger partial charge in [0, 0.05) is 44.5 Å². The lowest BCUT2D eigenvalue weighted by molar-refractivity contribution is -0.137. The summed E-state index contributed by atoms with van der Waals surface area (Å²) in [5.74, 6) is -0.872. The normalized spacial score (nSPS) is 13.6. The molecule has 0 atom stereocenters. The lowest BCUT2D eigenvalue weighted by atomic mass is 10.2. The van der Waals surface area contributed by atoms with Crippen molar-refractivity contribution in [3.63, 3.8) is 0 Å². The summed E-state index contributed by atoms with van der Waals surface area (Å²) in [6, 6.07) is 0. The summed E-state index contributed by atoms with van der Waals surface area (Å²) in [4.78, 5) is 46.7. The van der Waals surface area contributed by atoms with Gasteiger partial charge in [-0.2, -0.15) is 0 Å². The van der Waals surface area contributed by atoms with Gasteiger partial charge in [-0.05, 0) is 20.0 Å². The van der Waals surface area contributed by atoms with Crippen LogP contribution in [0.4, 0.5) is 0 Å². The fraction of sp³-hybridized carbons (Fsp3) is 0.625. The maximum atomic E-state index is 11.6. The van der Waals surface area contributed by atoms with Crippen LogP contribution in [0.3, 0.4) is 0 Å². The van der Waals surface area contributed by atoms with E-state index in [1.54, 1.807) is 0 Å². The van der Waals surface area contributed by atoms with Gasteiger partial charge >= 0.3 is 0 Å². The fourth-order valence-corrected chi connectivity index (χ4v) is 2.09. The molecule has 0 spiro atoms. The number of carbonyl (C=O) groups is 4. The van der Waals surface area contributed by atoms with Gasteiger partial charge in [0.15, 0.2) is 0 Å². The molecule has 134 valence electrons. The molecule has 0 aliphatic carbocycles. The van der Waals surface area contributed by atoms with Crippen LogP contribution in [0, 0.1) is 0 Å². The van der Waals surface area contributed by atoms with Gasteiger partial charge in [-0.15, -0.1) is 0 Å². The average molecular weight is 339 g/mol. The van der Waals surface area contributed by atoms with Gasteiger partial charge in [-0.25, -0.2) is 0 Å². The minimum Gasteiger partial charge on any atom is -0.379 e. The second-order valence-electron chi connectivity index (χ2n) is 5.37. The molecule has 24 heavy (non-hydrogen) atoms. The van der Waals surface area contributed by atoms with Crippen LogP contribution in [-0.4, -0.2) is 68.3 Å². The lowest BCUT2D eigenvalue weighted by Crippen LogP contribution is -2.35. The summed E-state index contributed by atoms with van der Waals surface area (Å²) in [5.41, 5.74) is 0. The Morgan fingerprint density at radius 1 is 1.04 bits per heavy atom. The Morgan fingerprint density at radius 3 is 2.42 bits per heavy atom. The molecular formula is C16H25N3O5. The summed E-state index contributed by atoms with van der Waals surface area (Å²) >= 11 is 0. The van der Waals surface area contributed by atoms with Crippen LogP contribution in [0.25, 0.3) is 0 Å². The molecule has 0 saturated heterocycles. The van der Waals surface area contributed by atoms with Crippen LogP contribution >= 0.6 is 0 Å². The van der Waals surface area contributed by atoms with Gasteiger partial charge in [0.05, 0.1) is 13.2 Å². The number of imide groups is 1. The minimum atomic E-state index is -0.393. The van der Waals surface area contributed by atoms with Crippen LogP contribution in [0.1, 0.15) is 25.7 Å². The maximum absolute atomic E-state index is 11.6. The molecular weight excluding hydrogens is 314 g/mol. The highest BCUT2D eigenvalue weighted by Crippen LogP contribution is 2.03. The maximum Gasteiger partial charge on any atom is 0.253 e. The van der Waals surface area contributed by atoms with Crippen molar-refractivity contribution in [3.05, 3.63) is 12.2 Å². The first-order valence-electron chi connectivity index (χ1n) is 8.09. The molecule has 1 aliphatic rings. The van der Waals surface area contributed by atoms with E-state index in [9.17, 15) is 19.2 Å². The Morgan fingerprint density at radius 2 is 1.75 bits per heavy atom. The molecule has 0 saturated carbocycles. The number of nitrogens with zero attached hydrogens (tertiary/aromatic N) is 1. The van der Waals surface area contributed by atoms with E-state index in [0.717, 1.165) is 17.9 Å². The summed E-state index contributed by atoms with van der Waals surface area (Å²) < 4.78 is 5.29. The zero-order valence-electron chi connectivity index (χ0n) is 14.0. The van der Waals surface area contributed by atoms with Gasteiger partial charge in [-0.1, -0.05) is 0 Å². The number of amides is 3. The molecule has 1 rings (SSSR count). The Kier molecular flexibility index (Phi) is 9.55. The molecule has 8 heteroatoms. The number of hydrogen-bond donors (Lipinski definition) is 2. The lowest BCUT2D eigenvalue weighted by Gasteiger charge is -2.13. The van der Waals surface area contributed by atoms with Crippen LogP contribution in [0.15, 0.2) is 12.2 Å². The number of carbonyl (C=O) groups excluding carboxylic acids is 4. The van der Waals surface area contributed by atoms with Crippen LogP contribution in [0.2, 0.25) is 0 Å². The number of ether oxygens (including phenoxy) is 1. The first kappa shape index (κ1) is 20.0. The summed E-state index contributed by atoms with van der Waals surface area (Å²) in [6.07, 6.45) is 4.18. The number of nitrogens with one attached hydrogen (secondary N) is 2. The highest BCUT2D eigenvalue weighted by atomic mass is 16.5. The number of hydrogen-bond acceptors (Lipinski definition) is 6. The largest absolute Gasteiger partial charge is 0.379 e. The van der Waals surface area contributed by atoms with Crippen LogP contribution < -0.4 is 10.6 Å². The summed E-state index contributed by atoms with van der Waals surface area (Å²) in [5, 5.41) is 5.62. The zero-order chi connectivity index (χ0) is 17.8. The SMILES string of the molecule is CNCCCC(=O)CCOCCNC(=O)CCN1C(=O)C=CC1=O. The number of Topliss-reactive ketones (excluding diaryl/α,β-unsaturated/α-hetero) is 1. The zero-order valence-corrected chi connectivity index (χ0v) is 14.0. The summed E-state index contributed by atoms with van der Waals surface area (Å²) in [6.45, 7) is 1.88. The van der Waals surface area contributed by atoms with Crippen molar-refractivity contribution in [1.82, 2.24) is 15.5 Å². The molecule has 0 bridgehead atoms. The van der Waals surface area contributed by atoms with Gasteiger partial charge in [-0.3, -0.25) is 24.1 Å². The Balaban J connectivity index is 1.97. The second-order valence-corrected chi connectivity index (χ2v) is 5.37. The third kappa shape index (κ3) is 7.98. The molecule has 0 aromatic carbocycles. The first-order chi connectivity index (χ1) is 11.5. The molecule has 1 heterocycles. The van der Waals surface area contributed by atoms with Crippen molar-refractivity contribution in [2.45, 2.75) is 25.7 Å². The van der Waals surface area contributed by atoms with Crippen molar-refractivity contribution in [1.29, 1.82) is 0 Å². The second kappa shape index (κ2) is 11.5. The number of ketones is 1. The Hall–Kier alpha value is -2.06. The Labute approximate surface area is 141 Å². The topological polar surface area (TPSA) is 105 Å². The molecule has 0 fully saturated rings. The van der Waals surface area contributed by atoms with E-state index < -0.39 is 11.8 Å². The highest BCUT2D eigenvalue weighted by molar-refractivity contribution is 6.13. The molecule has 3 amide bonds. The predicted molar refractivity (Wildman–Crippen MR) is 87.1 cm³/mol.